The summed E-state index contributed by atoms with van der Waals surface area (Å²) in [6, 6.07) is 17.5. The second-order valence-corrected chi connectivity index (χ2v) is 10.9. The monoisotopic (exact) mass is 606 g/mol. The van der Waals surface area contributed by atoms with Gasteiger partial charge in [0.25, 0.3) is 5.56 Å². The largest absolute Gasteiger partial charge is 0.497 e. The van der Waals surface area contributed by atoms with E-state index >= 15 is 0 Å². The average Bonchev–Trinajstić information content (AvgIpc) is 2.94. The Bertz CT molecular complexity index is 1580. The molecule has 1 unspecified atom stereocenters. The summed E-state index contributed by atoms with van der Waals surface area (Å²) in [5.41, 5.74) is 2.49. The van der Waals surface area contributed by atoms with Crippen molar-refractivity contribution in [1.29, 1.82) is 0 Å². The number of para-hydroxylation sites is 2. The molecule has 1 aromatic heterocycles. The molecule has 40 heavy (non-hydrogen) atoms. The van der Waals surface area contributed by atoms with Gasteiger partial charge in [0.05, 0.1) is 41.3 Å². The van der Waals surface area contributed by atoms with Crippen LogP contribution in [-0.4, -0.2) is 41.2 Å². The van der Waals surface area contributed by atoms with Gasteiger partial charge in [0, 0.05) is 24.4 Å². The number of ether oxygens (including phenoxy) is 2. The fraction of sp³-hybridized carbons (Fsp3) is 0.323. The van der Waals surface area contributed by atoms with Gasteiger partial charge in [-0.05, 0) is 65.9 Å². The van der Waals surface area contributed by atoms with E-state index in [0.717, 1.165) is 17.7 Å². The van der Waals surface area contributed by atoms with Crippen LogP contribution in [0.2, 0.25) is 0 Å². The van der Waals surface area contributed by atoms with Crippen molar-refractivity contribution in [2.75, 3.05) is 26.1 Å². The lowest BCUT2D eigenvalue weighted by molar-refractivity contribution is 0.185. The van der Waals surface area contributed by atoms with Crippen LogP contribution in [-0.2, 0) is 0 Å². The lowest BCUT2D eigenvalue weighted by Crippen LogP contribution is -2.41. The van der Waals surface area contributed by atoms with Crippen molar-refractivity contribution in [2.45, 2.75) is 40.2 Å². The molecule has 0 aliphatic heterocycles. The number of urea groups is 1. The number of benzene rings is 3. The molecule has 0 aliphatic carbocycles. The summed E-state index contributed by atoms with van der Waals surface area (Å²) in [6.45, 7) is 8.56. The number of rotatable bonds is 9. The quantitative estimate of drug-likeness (QED) is 0.219. The highest BCUT2D eigenvalue weighted by molar-refractivity contribution is 9.10. The maximum absolute atomic E-state index is 14.1. The molecular weight excluding hydrogens is 572 g/mol. The van der Waals surface area contributed by atoms with Gasteiger partial charge in [0.2, 0.25) is 0 Å². The number of aromatic nitrogens is 2. The second-order valence-electron chi connectivity index (χ2n) is 10.1. The average molecular weight is 608 g/mol. The van der Waals surface area contributed by atoms with Gasteiger partial charge < -0.3 is 19.7 Å². The van der Waals surface area contributed by atoms with Gasteiger partial charge in [-0.25, -0.2) is 9.78 Å². The highest BCUT2D eigenvalue weighted by Gasteiger charge is 2.28. The van der Waals surface area contributed by atoms with E-state index in [1.54, 1.807) is 41.9 Å². The van der Waals surface area contributed by atoms with Crippen molar-refractivity contribution in [3.05, 3.63) is 86.9 Å². The summed E-state index contributed by atoms with van der Waals surface area (Å²) in [7, 11) is 3.11. The molecular formula is C31H35BrN4O4. The number of hydrogen-bond acceptors (Lipinski definition) is 5. The molecule has 4 aromatic rings. The molecule has 0 radical (unpaired) electrons. The van der Waals surface area contributed by atoms with Gasteiger partial charge in [-0.2, -0.15) is 0 Å². The Hall–Kier alpha value is -3.85. The van der Waals surface area contributed by atoms with Crippen molar-refractivity contribution in [3.63, 3.8) is 0 Å². The Kier molecular flexibility index (Phi) is 9.14. The molecule has 4 rings (SSSR count). The molecule has 1 N–H and O–H groups in total. The van der Waals surface area contributed by atoms with Crippen LogP contribution in [0.1, 0.15) is 44.6 Å². The Morgan fingerprint density at radius 1 is 1.05 bits per heavy atom. The third-order valence-electron chi connectivity index (χ3n) is 6.93. The minimum absolute atomic E-state index is 0.258. The van der Waals surface area contributed by atoms with E-state index in [-0.39, 0.29) is 11.6 Å². The molecule has 9 heteroatoms. The molecule has 210 valence electrons. The summed E-state index contributed by atoms with van der Waals surface area (Å²) in [4.78, 5) is 34.6. The summed E-state index contributed by atoms with van der Waals surface area (Å²) >= 11 is 3.63. The Morgan fingerprint density at radius 3 is 2.42 bits per heavy atom. The number of anilines is 1. The lowest BCUT2D eigenvalue weighted by atomic mass is 10.1. The van der Waals surface area contributed by atoms with E-state index in [4.69, 9.17) is 14.5 Å². The van der Waals surface area contributed by atoms with E-state index in [2.05, 4.69) is 35.1 Å². The summed E-state index contributed by atoms with van der Waals surface area (Å²) < 4.78 is 13.2. The van der Waals surface area contributed by atoms with Crippen LogP contribution in [0.15, 0.2) is 69.9 Å². The van der Waals surface area contributed by atoms with Crippen LogP contribution in [0.3, 0.4) is 0 Å². The van der Waals surface area contributed by atoms with Gasteiger partial charge in [-0.15, -0.1) is 0 Å². The zero-order chi connectivity index (χ0) is 29.0. The lowest BCUT2D eigenvalue weighted by Gasteiger charge is -2.31. The maximum Gasteiger partial charge on any atom is 0.322 e. The molecule has 1 atom stereocenters. The number of amides is 2. The predicted molar refractivity (Wildman–Crippen MR) is 163 cm³/mol. The fourth-order valence-electron chi connectivity index (χ4n) is 4.56. The molecule has 2 amide bonds. The van der Waals surface area contributed by atoms with Gasteiger partial charge in [0.1, 0.15) is 17.3 Å². The number of aryl methyl sites for hydroxylation is 1. The second kappa shape index (κ2) is 12.6. The third kappa shape index (κ3) is 5.99. The number of fused-ring (bicyclic) bond motifs is 1. The minimum Gasteiger partial charge on any atom is -0.497 e. The first-order valence-electron chi connectivity index (χ1n) is 13.2. The molecule has 0 fully saturated rings. The number of nitrogens with one attached hydrogen (secondary N) is 1. The van der Waals surface area contributed by atoms with Crippen molar-refractivity contribution >= 4 is 38.6 Å². The first-order valence-corrected chi connectivity index (χ1v) is 14.0. The van der Waals surface area contributed by atoms with E-state index in [1.807, 2.05) is 56.3 Å². The molecule has 8 nitrogen and oxygen atoms in total. The van der Waals surface area contributed by atoms with Crippen LogP contribution < -0.4 is 20.3 Å². The van der Waals surface area contributed by atoms with Crippen molar-refractivity contribution in [3.8, 4) is 17.2 Å². The first kappa shape index (κ1) is 29.1. The first-order chi connectivity index (χ1) is 19.2. The van der Waals surface area contributed by atoms with Gasteiger partial charge >= 0.3 is 6.03 Å². The Labute approximate surface area is 243 Å². The maximum atomic E-state index is 14.1. The van der Waals surface area contributed by atoms with Crippen LogP contribution >= 0.6 is 15.9 Å². The van der Waals surface area contributed by atoms with Gasteiger partial charge in [-0.1, -0.05) is 44.2 Å². The minimum atomic E-state index is -0.566. The highest BCUT2D eigenvalue weighted by atomic mass is 79.9. The molecule has 0 aliphatic rings. The van der Waals surface area contributed by atoms with E-state index < -0.39 is 6.04 Å². The summed E-state index contributed by atoms with van der Waals surface area (Å²) in [5, 5.41) is 3.53. The number of carbonyl (C=O) groups excluding carboxylic acids is 1. The zero-order valence-corrected chi connectivity index (χ0v) is 25.3. The Morgan fingerprint density at radius 2 is 1.75 bits per heavy atom. The number of carbonyl (C=O) groups is 1. The van der Waals surface area contributed by atoms with E-state index in [9.17, 15) is 9.59 Å². The van der Waals surface area contributed by atoms with Gasteiger partial charge in [0.15, 0.2) is 0 Å². The molecule has 0 spiro atoms. The molecule has 3 aromatic carbocycles. The summed E-state index contributed by atoms with van der Waals surface area (Å²) in [5.74, 6) is 1.80. The van der Waals surface area contributed by atoms with Crippen LogP contribution in [0.4, 0.5) is 10.5 Å². The summed E-state index contributed by atoms with van der Waals surface area (Å²) in [6.07, 6.45) is 0.778. The van der Waals surface area contributed by atoms with Gasteiger partial charge in [-0.3, -0.25) is 9.36 Å². The topological polar surface area (TPSA) is 85.7 Å². The SMILES string of the molecule is COc1cc(OC)c(Br)c(-n2c(C(C)N(CCC(C)C)C(=O)Nc3ccccc3C)nc3ccccc3c2=O)c1. The standard InChI is InChI=1S/C31H35BrN4O4/c1-19(2)15-16-35(31(38)34-24-13-9-7-11-20(24)3)21(4)29-33-25-14-10-8-12-23(25)30(37)36(29)26-17-22(39-5)18-27(40-6)28(26)32/h7-14,17-19,21H,15-16H2,1-6H3,(H,34,38). The van der Waals surface area contributed by atoms with Crippen molar-refractivity contribution < 1.29 is 14.3 Å². The number of methoxy groups -OCH3 is 2. The number of halogens is 1. The van der Waals surface area contributed by atoms with Crippen molar-refractivity contribution in [1.82, 2.24) is 14.5 Å². The molecule has 0 saturated heterocycles. The van der Waals surface area contributed by atoms with Crippen LogP contribution in [0, 0.1) is 12.8 Å². The van der Waals surface area contributed by atoms with E-state index in [0.29, 0.717) is 50.8 Å². The smallest absolute Gasteiger partial charge is 0.322 e. The van der Waals surface area contributed by atoms with Crippen molar-refractivity contribution in [2.24, 2.45) is 5.92 Å². The van der Waals surface area contributed by atoms with Crippen LogP contribution in [0.5, 0.6) is 11.5 Å². The predicted octanol–water partition coefficient (Wildman–Crippen LogP) is 7.12. The highest BCUT2D eigenvalue weighted by Crippen LogP contribution is 2.37. The molecule has 1 heterocycles. The normalized spacial score (nSPS) is 11.9. The zero-order valence-electron chi connectivity index (χ0n) is 23.7. The molecule has 0 saturated carbocycles. The molecule has 0 bridgehead atoms. The fourth-order valence-corrected chi connectivity index (χ4v) is 5.13. The van der Waals surface area contributed by atoms with E-state index in [1.165, 1.54) is 0 Å². The Balaban J connectivity index is 1.93. The van der Waals surface area contributed by atoms with Crippen LogP contribution in [0.25, 0.3) is 16.6 Å². The number of hydrogen-bond donors (Lipinski definition) is 1. The third-order valence-corrected chi connectivity index (χ3v) is 7.72. The number of nitrogens with zero attached hydrogens (tertiary/aromatic N) is 3.